The summed E-state index contributed by atoms with van der Waals surface area (Å²) >= 11 is 0. The minimum Gasteiger partial charge on any atom is -0.493 e. The number of ether oxygens (including phenoxy) is 4. The van der Waals surface area contributed by atoms with Crippen LogP contribution in [0.2, 0.25) is 0 Å². The molecule has 1 aromatic carbocycles. The van der Waals surface area contributed by atoms with Crippen molar-refractivity contribution in [3.8, 4) is 29.1 Å². The first-order valence-corrected chi connectivity index (χ1v) is 11.7. The second kappa shape index (κ2) is 11.2. The number of allylic oxidation sites excluding steroid dienone is 1. The molecule has 1 aromatic heterocycles. The Morgan fingerprint density at radius 3 is 2.26 bits per heavy atom. The van der Waals surface area contributed by atoms with Crippen molar-refractivity contribution >= 4 is 0 Å². The van der Waals surface area contributed by atoms with E-state index in [1.807, 2.05) is 6.92 Å². The molecule has 0 amide bonds. The van der Waals surface area contributed by atoms with E-state index in [1.54, 1.807) is 22.8 Å². The highest BCUT2D eigenvalue weighted by molar-refractivity contribution is 5.61. The molecule has 1 aliphatic heterocycles. The van der Waals surface area contributed by atoms with Crippen LogP contribution in [0.15, 0.2) is 34.4 Å². The fourth-order valence-electron chi connectivity index (χ4n) is 4.56. The maximum atomic E-state index is 13.8. The van der Waals surface area contributed by atoms with Crippen molar-refractivity contribution in [3.63, 3.8) is 0 Å². The molecule has 1 unspecified atom stereocenters. The molecule has 0 saturated heterocycles. The summed E-state index contributed by atoms with van der Waals surface area (Å²) in [6.45, 7) is 9.48. The molecule has 0 spiro atoms. The van der Waals surface area contributed by atoms with Gasteiger partial charge in [0.25, 0.3) is 5.56 Å². The molecule has 2 aromatic rings. The van der Waals surface area contributed by atoms with Gasteiger partial charge in [0, 0.05) is 18.3 Å². The SMILES string of the molecule is CCN(CC)CCCn1c(C)cc2c(c1=O)C(c1cc(OC)c(OC)c(OC)c1)C(C#N)=C(N)O2. The predicted molar refractivity (Wildman–Crippen MR) is 133 cm³/mol. The Balaban J connectivity index is 2.18. The summed E-state index contributed by atoms with van der Waals surface area (Å²) in [6.07, 6.45) is 0.819. The average Bonchev–Trinajstić information content (AvgIpc) is 2.86. The summed E-state index contributed by atoms with van der Waals surface area (Å²) < 4.78 is 24.0. The van der Waals surface area contributed by atoms with Crippen molar-refractivity contribution in [1.29, 1.82) is 5.26 Å². The van der Waals surface area contributed by atoms with Gasteiger partial charge in [-0.1, -0.05) is 13.8 Å². The van der Waals surface area contributed by atoms with Crippen LogP contribution in [0.4, 0.5) is 0 Å². The molecule has 1 aliphatic rings. The second-order valence-electron chi connectivity index (χ2n) is 8.28. The van der Waals surface area contributed by atoms with E-state index in [-0.39, 0.29) is 17.0 Å². The minimum atomic E-state index is -0.750. The summed E-state index contributed by atoms with van der Waals surface area (Å²) in [6, 6.07) is 7.41. The van der Waals surface area contributed by atoms with Gasteiger partial charge < -0.3 is 34.1 Å². The van der Waals surface area contributed by atoms with Gasteiger partial charge in [0.05, 0.1) is 32.8 Å². The summed E-state index contributed by atoms with van der Waals surface area (Å²) in [5.41, 5.74) is 7.83. The Labute approximate surface area is 206 Å². The highest BCUT2D eigenvalue weighted by Gasteiger charge is 2.35. The summed E-state index contributed by atoms with van der Waals surface area (Å²) in [5, 5.41) is 9.97. The number of fused-ring (bicyclic) bond motifs is 1. The van der Waals surface area contributed by atoms with E-state index in [2.05, 4.69) is 24.8 Å². The van der Waals surface area contributed by atoms with Gasteiger partial charge in [-0.3, -0.25) is 4.79 Å². The number of nitriles is 1. The minimum absolute atomic E-state index is 0.0307. The number of nitrogens with two attached hydrogens (primary N) is 1. The lowest BCUT2D eigenvalue weighted by Gasteiger charge is -2.28. The molecule has 0 radical (unpaired) electrons. The zero-order chi connectivity index (χ0) is 25.7. The highest BCUT2D eigenvalue weighted by atomic mass is 16.5. The maximum absolute atomic E-state index is 13.8. The van der Waals surface area contributed by atoms with E-state index in [0.717, 1.165) is 31.7 Å². The van der Waals surface area contributed by atoms with Crippen LogP contribution < -0.4 is 30.2 Å². The second-order valence-corrected chi connectivity index (χ2v) is 8.28. The smallest absolute Gasteiger partial charge is 0.258 e. The Morgan fingerprint density at radius 2 is 1.74 bits per heavy atom. The first-order valence-electron chi connectivity index (χ1n) is 11.7. The molecule has 2 N–H and O–H groups in total. The molecule has 0 saturated carbocycles. The molecule has 3 rings (SSSR count). The van der Waals surface area contributed by atoms with Gasteiger partial charge in [-0.05, 0) is 50.7 Å². The quantitative estimate of drug-likeness (QED) is 0.550. The number of aryl methyl sites for hydroxylation is 1. The van der Waals surface area contributed by atoms with Crippen LogP contribution in [-0.4, -0.2) is 50.4 Å². The van der Waals surface area contributed by atoms with Gasteiger partial charge in [0.2, 0.25) is 11.6 Å². The van der Waals surface area contributed by atoms with E-state index < -0.39 is 5.92 Å². The molecule has 0 aliphatic carbocycles. The van der Waals surface area contributed by atoms with Crippen LogP contribution in [0.1, 0.15) is 43.0 Å². The van der Waals surface area contributed by atoms with Gasteiger partial charge in [-0.15, -0.1) is 0 Å². The number of methoxy groups -OCH3 is 3. The Bertz CT molecular complexity index is 1180. The first-order chi connectivity index (χ1) is 16.8. The van der Waals surface area contributed by atoms with Gasteiger partial charge in [0.15, 0.2) is 11.5 Å². The number of pyridine rings is 1. The number of benzene rings is 1. The zero-order valence-corrected chi connectivity index (χ0v) is 21.3. The zero-order valence-electron chi connectivity index (χ0n) is 21.3. The lowest BCUT2D eigenvalue weighted by Crippen LogP contribution is -2.33. The molecule has 2 heterocycles. The standard InChI is InChI=1S/C26H34N4O5/c1-7-29(8-2)10-9-11-30-16(3)12-19-23(26(30)31)22(18(15-27)25(28)35-19)17-13-20(32-4)24(34-6)21(14-17)33-5/h12-14,22H,7-11,28H2,1-6H3. The van der Waals surface area contributed by atoms with Crippen molar-refractivity contribution in [1.82, 2.24) is 9.47 Å². The first kappa shape index (κ1) is 26.0. The number of rotatable bonds is 10. The molecular weight excluding hydrogens is 448 g/mol. The monoisotopic (exact) mass is 482 g/mol. The topological polar surface area (TPSA) is 112 Å². The van der Waals surface area contributed by atoms with Crippen LogP contribution in [-0.2, 0) is 6.54 Å². The van der Waals surface area contributed by atoms with E-state index in [0.29, 0.717) is 40.7 Å². The average molecular weight is 483 g/mol. The fourth-order valence-corrected chi connectivity index (χ4v) is 4.56. The number of hydrogen-bond acceptors (Lipinski definition) is 8. The summed E-state index contributed by atoms with van der Waals surface area (Å²) in [4.78, 5) is 16.2. The van der Waals surface area contributed by atoms with Crippen LogP contribution in [0.5, 0.6) is 23.0 Å². The summed E-state index contributed by atoms with van der Waals surface area (Å²) in [5.74, 6) is 0.813. The van der Waals surface area contributed by atoms with Crippen molar-refractivity contribution in [3.05, 3.63) is 56.8 Å². The third-order valence-corrected chi connectivity index (χ3v) is 6.46. The third-order valence-electron chi connectivity index (χ3n) is 6.46. The molecular formula is C26H34N4O5. The predicted octanol–water partition coefficient (Wildman–Crippen LogP) is 3.13. The lowest BCUT2D eigenvalue weighted by molar-refractivity contribution is 0.292. The van der Waals surface area contributed by atoms with Crippen molar-refractivity contribution < 1.29 is 18.9 Å². The third kappa shape index (κ3) is 4.93. The Kier molecular flexibility index (Phi) is 8.30. The lowest BCUT2D eigenvalue weighted by atomic mass is 9.83. The Hall–Kier alpha value is -3.64. The number of hydrogen-bond donors (Lipinski definition) is 1. The van der Waals surface area contributed by atoms with E-state index in [9.17, 15) is 10.1 Å². The summed E-state index contributed by atoms with van der Waals surface area (Å²) in [7, 11) is 4.54. The molecule has 9 heteroatoms. The molecule has 9 nitrogen and oxygen atoms in total. The van der Waals surface area contributed by atoms with Gasteiger partial charge in [-0.2, -0.15) is 5.26 Å². The largest absolute Gasteiger partial charge is 0.493 e. The van der Waals surface area contributed by atoms with E-state index in [1.165, 1.54) is 21.3 Å². The highest BCUT2D eigenvalue weighted by Crippen LogP contribution is 2.46. The molecule has 188 valence electrons. The van der Waals surface area contributed by atoms with Crippen molar-refractivity contribution in [2.75, 3.05) is 41.0 Å². The normalized spacial score (nSPS) is 14.9. The maximum Gasteiger partial charge on any atom is 0.258 e. The fraction of sp³-hybridized carbons (Fsp3) is 0.462. The Morgan fingerprint density at radius 1 is 1.11 bits per heavy atom. The number of aromatic nitrogens is 1. The van der Waals surface area contributed by atoms with Crippen molar-refractivity contribution in [2.45, 2.75) is 39.7 Å². The molecule has 1 atom stereocenters. The van der Waals surface area contributed by atoms with Crippen molar-refractivity contribution in [2.24, 2.45) is 5.73 Å². The van der Waals surface area contributed by atoms with E-state index in [4.69, 9.17) is 24.7 Å². The van der Waals surface area contributed by atoms with Gasteiger partial charge >= 0.3 is 0 Å². The molecule has 0 bridgehead atoms. The molecule has 0 fully saturated rings. The number of nitrogens with zero attached hydrogens (tertiary/aromatic N) is 3. The van der Waals surface area contributed by atoms with E-state index >= 15 is 0 Å². The van der Waals surface area contributed by atoms with Gasteiger partial charge in [-0.25, -0.2) is 0 Å². The van der Waals surface area contributed by atoms with Crippen LogP contribution in [0.3, 0.4) is 0 Å². The molecule has 35 heavy (non-hydrogen) atoms. The van der Waals surface area contributed by atoms with Crippen LogP contribution in [0, 0.1) is 18.3 Å². The van der Waals surface area contributed by atoms with Crippen LogP contribution in [0.25, 0.3) is 0 Å². The van der Waals surface area contributed by atoms with Crippen LogP contribution >= 0.6 is 0 Å². The van der Waals surface area contributed by atoms with Gasteiger partial charge in [0.1, 0.15) is 17.4 Å².